The first kappa shape index (κ1) is 13.7. The summed E-state index contributed by atoms with van der Waals surface area (Å²) in [6.45, 7) is -0.0696. The second-order valence-electron chi connectivity index (χ2n) is 4.30. The maximum Gasteiger partial charge on any atom is 0.358 e. The molecule has 2 N–H and O–H groups in total. The van der Waals surface area contributed by atoms with Gasteiger partial charge in [-0.15, -0.1) is 5.10 Å². The van der Waals surface area contributed by atoms with E-state index in [9.17, 15) is 13.8 Å². The fraction of sp³-hybridized carbons (Fsp3) is 0.600. The van der Waals surface area contributed by atoms with Gasteiger partial charge in [-0.1, -0.05) is 5.21 Å². The molecule has 1 aliphatic heterocycles. The lowest BCUT2D eigenvalue weighted by Crippen LogP contribution is -2.41. The van der Waals surface area contributed by atoms with Gasteiger partial charge in [0.15, 0.2) is 5.69 Å². The molecule has 1 saturated heterocycles. The van der Waals surface area contributed by atoms with Gasteiger partial charge in [0.1, 0.15) is 6.54 Å². The quantitative estimate of drug-likeness (QED) is 0.734. The predicted octanol–water partition coefficient (Wildman–Crippen LogP) is -0.996. The van der Waals surface area contributed by atoms with Crippen LogP contribution in [0.5, 0.6) is 0 Å². The van der Waals surface area contributed by atoms with E-state index in [-0.39, 0.29) is 24.2 Å². The summed E-state index contributed by atoms with van der Waals surface area (Å²) in [4.78, 5) is 22.3. The zero-order valence-electron chi connectivity index (χ0n) is 10.1. The zero-order chi connectivity index (χ0) is 13.8. The molecule has 1 aromatic rings. The molecule has 1 aliphatic rings. The van der Waals surface area contributed by atoms with Crippen LogP contribution >= 0.6 is 0 Å². The van der Waals surface area contributed by atoms with Crippen LogP contribution in [0, 0.1) is 0 Å². The largest absolute Gasteiger partial charge is 0.476 e. The molecule has 9 heteroatoms. The molecule has 0 unspecified atom stereocenters. The summed E-state index contributed by atoms with van der Waals surface area (Å²) in [7, 11) is -0.760. The minimum absolute atomic E-state index is 0.0349. The smallest absolute Gasteiger partial charge is 0.358 e. The molecule has 2 heterocycles. The van der Waals surface area contributed by atoms with Crippen LogP contribution in [0.4, 0.5) is 0 Å². The van der Waals surface area contributed by atoms with Crippen molar-refractivity contribution in [3.63, 3.8) is 0 Å². The number of carbonyl (C=O) groups is 2. The maximum atomic E-state index is 11.7. The van der Waals surface area contributed by atoms with Crippen LogP contribution in [0.2, 0.25) is 0 Å². The van der Waals surface area contributed by atoms with Crippen molar-refractivity contribution in [2.24, 2.45) is 0 Å². The molecule has 1 amide bonds. The van der Waals surface area contributed by atoms with E-state index in [2.05, 4.69) is 15.6 Å². The maximum absolute atomic E-state index is 11.7. The van der Waals surface area contributed by atoms with Crippen molar-refractivity contribution in [3.05, 3.63) is 11.9 Å². The predicted molar refractivity (Wildman–Crippen MR) is 66.0 cm³/mol. The third kappa shape index (κ3) is 3.85. The summed E-state index contributed by atoms with van der Waals surface area (Å²) < 4.78 is 12.4. The Balaban J connectivity index is 1.83. The molecule has 19 heavy (non-hydrogen) atoms. The number of rotatable bonds is 4. The SMILES string of the molecule is O=C(Cn1cc(C(=O)O)nn1)NC1CCS(=O)CC1. The monoisotopic (exact) mass is 286 g/mol. The summed E-state index contributed by atoms with van der Waals surface area (Å²) in [5.74, 6) is -0.213. The van der Waals surface area contributed by atoms with Crippen LogP contribution in [0.3, 0.4) is 0 Å². The molecule has 0 bridgehead atoms. The highest BCUT2D eigenvalue weighted by molar-refractivity contribution is 7.85. The summed E-state index contributed by atoms with van der Waals surface area (Å²) >= 11 is 0. The average molecular weight is 286 g/mol. The second-order valence-corrected chi connectivity index (χ2v) is 5.99. The highest BCUT2D eigenvalue weighted by Gasteiger charge is 2.20. The molecule has 0 radical (unpaired) electrons. The van der Waals surface area contributed by atoms with E-state index in [0.29, 0.717) is 24.3 Å². The Kier molecular flexibility index (Phi) is 4.25. The Morgan fingerprint density at radius 3 is 2.74 bits per heavy atom. The van der Waals surface area contributed by atoms with Crippen molar-refractivity contribution in [2.45, 2.75) is 25.4 Å². The molecule has 0 saturated carbocycles. The number of hydrogen-bond donors (Lipinski definition) is 2. The molecular formula is C10H14N4O4S. The third-order valence-corrected chi connectivity index (χ3v) is 4.20. The third-order valence-electron chi connectivity index (χ3n) is 2.82. The number of aromatic carboxylic acids is 1. The number of nitrogens with zero attached hydrogens (tertiary/aromatic N) is 3. The summed E-state index contributed by atoms with van der Waals surface area (Å²) in [6, 6.07) is 0.0349. The fourth-order valence-corrected chi connectivity index (χ4v) is 3.13. The Bertz CT molecular complexity index is 505. The number of nitrogens with one attached hydrogen (secondary N) is 1. The van der Waals surface area contributed by atoms with Gasteiger partial charge in [0.25, 0.3) is 0 Å². The van der Waals surface area contributed by atoms with Gasteiger partial charge in [0.2, 0.25) is 5.91 Å². The molecular weight excluding hydrogens is 272 g/mol. The van der Waals surface area contributed by atoms with Crippen molar-refractivity contribution in [1.82, 2.24) is 20.3 Å². The van der Waals surface area contributed by atoms with Crippen LogP contribution < -0.4 is 5.32 Å². The van der Waals surface area contributed by atoms with Gasteiger partial charge in [-0.2, -0.15) is 0 Å². The Labute approximate surface area is 111 Å². The Morgan fingerprint density at radius 2 is 2.16 bits per heavy atom. The van der Waals surface area contributed by atoms with E-state index in [1.165, 1.54) is 10.9 Å². The Morgan fingerprint density at radius 1 is 1.47 bits per heavy atom. The van der Waals surface area contributed by atoms with E-state index in [1.54, 1.807) is 0 Å². The van der Waals surface area contributed by atoms with Gasteiger partial charge in [-0.25, -0.2) is 9.48 Å². The number of aromatic nitrogens is 3. The topological polar surface area (TPSA) is 114 Å². The van der Waals surface area contributed by atoms with Crippen LogP contribution in [-0.4, -0.2) is 53.7 Å². The van der Waals surface area contributed by atoms with Crippen molar-refractivity contribution in [2.75, 3.05) is 11.5 Å². The van der Waals surface area contributed by atoms with Crippen molar-refractivity contribution >= 4 is 22.7 Å². The van der Waals surface area contributed by atoms with Crippen LogP contribution in [0.1, 0.15) is 23.3 Å². The first-order valence-corrected chi connectivity index (χ1v) is 7.31. The first-order chi connectivity index (χ1) is 9.04. The standard InChI is InChI=1S/C10H14N4O4S/c15-9(11-7-1-3-19(18)4-2-7)6-14-5-8(10(16)17)12-13-14/h5,7H,1-4,6H2,(H,11,15)(H,16,17). The lowest BCUT2D eigenvalue weighted by molar-refractivity contribution is -0.122. The molecule has 8 nitrogen and oxygen atoms in total. The fourth-order valence-electron chi connectivity index (χ4n) is 1.83. The zero-order valence-corrected chi connectivity index (χ0v) is 10.9. The van der Waals surface area contributed by atoms with E-state index >= 15 is 0 Å². The molecule has 1 fully saturated rings. The molecule has 2 rings (SSSR count). The van der Waals surface area contributed by atoms with Crippen LogP contribution in [-0.2, 0) is 22.1 Å². The van der Waals surface area contributed by atoms with E-state index in [1.807, 2.05) is 0 Å². The normalized spacial score (nSPS) is 22.9. The van der Waals surface area contributed by atoms with E-state index < -0.39 is 16.8 Å². The van der Waals surface area contributed by atoms with Crippen molar-refractivity contribution < 1.29 is 18.9 Å². The molecule has 0 atom stereocenters. The minimum atomic E-state index is -1.18. The summed E-state index contributed by atoms with van der Waals surface area (Å²) in [5, 5.41) is 18.5. The van der Waals surface area contributed by atoms with Gasteiger partial charge in [-0.05, 0) is 12.8 Å². The Hall–Kier alpha value is -1.77. The molecule has 1 aromatic heterocycles. The molecule has 104 valence electrons. The van der Waals surface area contributed by atoms with Gasteiger partial charge in [0.05, 0.1) is 6.20 Å². The average Bonchev–Trinajstić information content (AvgIpc) is 2.80. The van der Waals surface area contributed by atoms with Gasteiger partial charge < -0.3 is 10.4 Å². The molecule has 0 aliphatic carbocycles. The van der Waals surface area contributed by atoms with Gasteiger partial charge in [0, 0.05) is 28.3 Å². The van der Waals surface area contributed by atoms with Gasteiger partial charge in [-0.3, -0.25) is 9.00 Å². The van der Waals surface area contributed by atoms with Crippen LogP contribution in [0.25, 0.3) is 0 Å². The number of carbonyl (C=O) groups excluding carboxylic acids is 1. The number of amides is 1. The lowest BCUT2D eigenvalue weighted by Gasteiger charge is -2.22. The second kappa shape index (κ2) is 5.91. The number of carboxylic acid groups (broad SMARTS) is 1. The lowest BCUT2D eigenvalue weighted by atomic mass is 10.1. The number of carboxylic acids is 1. The summed E-state index contributed by atoms with van der Waals surface area (Å²) in [5.41, 5.74) is -0.194. The first-order valence-electron chi connectivity index (χ1n) is 5.82. The highest BCUT2D eigenvalue weighted by Crippen LogP contribution is 2.08. The molecule has 0 spiro atoms. The van der Waals surface area contributed by atoms with Crippen molar-refractivity contribution in [1.29, 1.82) is 0 Å². The van der Waals surface area contributed by atoms with Gasteiger partial charge >= 0.3 is 5.97 Å². The van der Waals surface area contributed by atoms with E-state index in [0.717, 1.165) is 0 Å². The summed E-state index contributed by atoms with van der Waals surface area (Å²) in [6.07, 6.45) is 2.62. The van der Waals surface area contributed by atoms with Crippen LogP contribution in [0.15, 0.2) is 6.20 Å². The number of hydrogen-bond acceptors (Lipinski definition) is 5. The van der Waals surface area contributed by atoms with E-state index in [4.69, 9.17) is 5.11 Å². The molecule has 0 aromatic carbocycles. The van der Waals surface area contributed by atoms with Crippen molar-refractivity contribution in [3.8, 4) is 0 Å². The highest BCUT2D eigenvalue weighted by atomic mass is 32.2. The minimum Gasteiger partial charge on any atom is -0.476 e.